The number of hydrogen-bond acceptors (Lipinski definition) is 3. The molecule has 0 unspecified atom stereocenters. The molecule has 0 bridgehead atoms. The second-order valence-corrected chi connectivity index (χ2v) is 23.8. The molecule has 3 nitrogen and oxygen atoms in total. The molecule has 0 spiro atoms. The first-order valence-corrected chi connectivity index (χ1v) is 26.3. The van der Waals surface area contributed by atoms with Crippen molar-refractivity contribution in [1.82, 2.24) is 0 Å². The SMILES string of the molecule is CCCCCCCCCCCCCP(O)(O)(CCCCCCCCCCCCC)OC(CCC)(c1cc(C)ccc1C(C)(C)C)c1cc(C)ccc1C(C)(C)C. The third-order valence-electron chi connectivity index (χ3n) is 12.2. The predicted octanol–water partition coefficient (Wildman–Crippen LogP) is 16.9. The van der Waals surface area contributed by atoms with E-state index in [0.717, 1.165) is 56.1 Å². The molecule has 0 aromatic heterocycles. The van der Waals surface area contributed by atoms with Gasteiger partial charge in [0, 0.05) is 0 Å². The van der Waals surface area contributed by atoms with Crippen LogP contribution in [-0.2, 0) is 21.0 Å². The van der Waals surface area contributed by atoms with Crippen LogP contribution < -0.4 is 0 Å². The minimum absolute atomic E-state index is 0.162. The summed E-state index contributed by atoms with van der Waals surface area (Å²) in [6, 6.07) is 13.6. The van der Waals surface area contributed by atoms with Crippen molar-refractivity contribution in [3.05, 3.63) is 69.8 Å². The molecule has 0 aliphatic carbocycles. The van der Waals surface area contributed by atoms with Crippen molar-refractivity contribution in [1.29, 1.82) is 0 Å². The molecule has 0 atom stereocenters. The molecule has 0 amide bonds. The summed E-state index contributed by atoms with van der Waals surface area (Å²) in [6.45, 7) is 24.8. The summed E-state index contributed by atoms with van der Waals surface area (Å²) < 4.78 is 7.63. The van der Waals surface area contributed by atoms with Crippen molar-refractivity contribution < 1.29 is 14.3 Å². The predicted molar refractivity (Wildman–Crippen MR) is 251 cm³/mol. The van der Waals surface area contributed by atoms with Crippen molar-refractivity contribution >= 4 is 7.28 Å². The molecular formula is C52H93O3P. The Labute approximate surface area is 349 Å². The van der Waals surface area contributed by atoms with Crippen LogP contribution in [0.4, 0.5) is 0 Å². The van der Waals surface area contributed by atoms with Gasteiger partial charge in [-0.1, -0.05) is 13.8 Å². The maximum absolute atomic E-state index is 13.2. The van der Waals surface area contributed by atoms with Gasteiger partial charge in [0.25, 0.3) is 0 Å². The number of hydrogen-bond donors (Lipinski definition) is 2. The molecule has 2 N–H and O–H groups in total. The zero-order chi connectivity index (χ0) is 41.7. The van der Waals surface area contributed by atoms with Crippen LogP contribution in [0, 0.1) is 13.8 Å². The van der Waals surface area contributed by atoms with Crippen molar-refractivity contribution in [2.24, 2.45) is 0 Å². The van der Waals surface area contributed by atoms with Crippen molar-refractivity contribution in [3.8, 4) is 0 Å². The van der Waals surface area contributed by atoms with Crippen LogP contribution in [0.2, 0.25) is 0 Å². The Morgan fingerprint density at radius 2 is 0.732 bits per heavy atom. The van der Waals surface area contributed by atoms with E-state index in [0.29, 0.717) is 18.7 Å². The number of rotatable bonds is 30. The van der Waals surface area contributed by atoms with Gasteiger partial charge in [0.05, 0.1) is 0 Å². The Kier molecular flexibility index (Phi) is 22.5. The van der Waals surface area contributed by atoms with E-state index in [-0.39, 0.29) is 10.8 Å². The van der Waals surface area contributed by atoms with Crippen LogP contribution in [0.25, 0.3) is 0 Å². The number of unbranched alkanes of at least 4 members (excludes halogenated alkanes) is 20. The number of aryl methyl sites for hydroxylation is 2. The molecule has 2 rings (SSSR count). The standard InChI is InChI=1S/C52H93O3P/c1-12-15-17-19-21-23-25-27-29-31-33-40-56(53,54,41-34-32-30-28-26-24-22-20-18-16-13-2)55-52(39-14-3,48-42-44(4)35-37-46(48)50(6,7)8)49-43-45(5)36-38-47(49)51(9,10)11/h35-38,42-43,53-54H,12-34,39-41H2,1-11H3. The fraction of sp³-hybridized carbons (Fsp3) is 0.769. The van der Waals surface area contributed by atoms with Gasteiger partial charge in [-0.05, 0) is 0 Å². The average Bonchev–Trinajstić information content (AvgIpc) is 3.11. The molecule has 0 aliphatic heterocycles. The van der Waals surface area contributed by atoms with E-state index in [9.17, 15) is 9.79 Å². The second-order valence-electron chi connectivity index (χ2n) is 20.1. The summed E-state index contributed by atoms with van der Waals surface area (Å²) in [5.74, 6) is 0. The topological polar surface area (TPSA) is 49.7 Å². The van der Waals surface area contributed by atoms with Crippen LogP contribution >= 0.6 is 7.28 Å². The molecule has 0 saturated carbocycles. The van der Waals surface area contributed by atoms with E-state index < -0.39 is 12.9 Å². The van der Waals surface area contributed by atoms with Gasteiger partial charge in [0.15, 0.2) is 0 Å². The Bertz CT molecular complexity index is 1270. The second kappa shape index (κ2) is 24.7. The van der Waals surface area contributed by atoms with E-state index >= 15 is 0 Å². The van der Waals surface area contributed by atoms with Crippen molar-refractivity contribution in [2.45, 2.75) is 247 Å². The summed E-state index contributed by atoms with van der Waals surface area (Å²) in [5, 5.41) is 0. The number of benzene rings is 2. The molecule has 2 aromatic carbocycles. The van der Waals surface area contributed by atoms with Gasteiger partial charge in [-0.25, -0.2) is 0 Å². The van der Waals surface area contributed by atoms with Gasteiger partial charge in [0.1, 0.15) is 0 Å². The molecule has 0 heterocycles. The minimum atomic E-state index is -4.69. The molecule has 0 fully saturated rings. The van der Waals surface area contributed by atoms with Crippen LogP contribution in [0.15, 0.2) is 36.4 Å². The van der Waals surface area contributed by atoms with Gasteiger partial charge in [-0.2, -0.15) is 0 Å². The summed E-state index contributed by atoms with van der Waals surface area (Å²) >= 11 is 0. The van der Waals surface area contributed by atoms with Crippen LogP contribution in [0.3, 0.4) is 0 Å². The zero-order valence-electron chi connectivity index (χ0n) is 39.1. The van der Waals surface area contributed by atoms with E-state index in [1.54, 1.807) is 0 Å². The third-order valence-corrected chi connectivity index (χ3v) is 15.4. The van der Waals surface area contributed by atoms with Crippen LogP contribution in [-0.4, -0.2) is 22.1 Å². The zero-order valence-corrected chi connectivity index (χ0v) is 40.0. The van der Waals surface area contributed by atoms with Crippen LogP contribution in [0.5, 0.6) is 0 Å². The molecular weight excluding hydrogens is 704 g/mol. The van der Waals surface area contributed by atoms with Gasteiger partial charge >= 0.3 is 337 Å². The molecule has 0 saturated heterocycles. The summed E-state index contributed by atoms with van der Waals surface area (Å²) in [5.41, 5.74) is 5.68. The van der Waals surface area contributed by atoms with Gasteiger partial charge < -0.3 is 0 Å². The first-order valence-electron chi connectivity index (χ1n) is 23.9. The van der Waals surface area contributed by atoms with E-state index in [1.165, 1.54) is 125 Å². The van der Waals surface area contributed by atoms with Gasteiger partial charge in [-0.15, -0.1) is 0 Å². The maximum atomic E-state index is 13.2. The van der Waals surface area contributed by atoms with Crippen LogP contribution in [0.1, 0.15) is 250 Å². The van der Waals surface area contributed by atoms with Crippen molar-refractivity contribution in [3.63, 3.8) is 0 Å². The Hall–Kier alpha value is -1.25. The molecule has 0 radical (unpaired) electrons. The van der Waals surface area contributed by atoms with E-state index in [1.807, 2.05) is 0 Å². The summed E-state index contributed by atoms with van der Waals surface area (Å²) in [4.78, 5) is 26.5. The molecule has 0 aliphatic rings. The van der Waals surface area contributed by atoms with Gasteiger partial charge in [-0.3, -0.25) is 0 Å². The van der Waals surface area contributed by atoms with E-state index in [2.05, 4.69) is 113 Å². The Balaban J connectivity index is 2.53. The molecule has 2 aromatic rings. The first-order chi connectivity index (χ1) is 26.4. The summed E-state index contributed by atoms with van der Waals surface area (Å²) in [7, 11) is -4.69. The average molecular weight is 797 g/mol. The fourth-order valence-electron chi connectivity index (χ4n) is 8.95. The normalized spacial score (nSPS) is 13.6. The third kappa shape index (κ3) is 17.5. The Morgan fingerprint density at radius 1 is 0.429 bits per heavy atom. The molecule has 4 heteroatoms. The molecule has 56 heavy (non-hydrogen) atoms. The van der Waals surface area contributed by atoms with Crippen molar-refractivity contribution in [2.75, 3.05) is 12.3 Å². The Morgan fingerprint density at radius 3 is 1.02 bits per heavy atom. The fourth-order valence-corrected chi connectivity index (χ4v) is 12.1. The first kappa shape index (κ1) is 50.9. The summed E-state index contributed by atoms with van der Waals surface area (Å²) in [6.07, 6.45) is 29.3. The quantitative estimate of drug-likeness (QED) is 0.0611. The van der Waals surface area contributed by atoms with Gasteiger partial charge in [0.2, 0.25) is 0 Å². The van der Waals surface area contributed by atoms with E-state index in [4.69, 9.17) is 4.52 Å². The molecule has 324 valence electrons. The monoisotopic (exact) mass is 797 g/mol.